The molecule has 0 radical (unpaired) electrons. The van der Waals surface area contributed by atoms with Crippen molar-refractivity contribution in [3.8, 4) is 28.6 Å². The van der Waals surface area contributed by atoms with Gasteiger partial charge in [0.15, 0.2) is 17.7 Å². The smallest absolute Gasteiger partial charge is 0.473 e. The molecule has 0 bridgehead atoms. The Balaban J connectivity index is 1.20. The third-order valence-electron chi connectivity index (χ3n) is 6.69. The van der Waals surface area contributed by atoms with Crippen LogP contribution < -0.4 is 19.7 Å². The number of nitrogens with zero attached hydrogens (tertiary/aromatic N) is 5. The largest absolute Gasteiger partial charge is 0.573 e. The number of aryl methyl sites for hydroxylation is 3. The van der Waals surface area contributed by atoms with Gasteiger partial charge >= 0.3 is 12.4 Å². The minimum atomic E-state index is -4.77. The van der Waals surface area contributed by atoms with E-state index in [9.17, 15) is 22.8 Å². The summed E-state index contributed by atoms with van der Waals surface area (Å²) in [6.45, 7) is 5.71. The predicted molar refractivity (Wildman–Crippen MR) is 165 cm³/mol. The van der Waals surface area contributed by atoms with E-state index in [1.165, 1.54) is 51.9 Å². The van der Waals surface area contributed by atoms with E-state index in [0.717, 1.165) is 40.8 Å². The number of benzene rings is 3. The first-order valence-electron chi connectivity index (χ1n) is 13.9. The Morgan fingerprint density at radius 1 is 1.07 bits per heavy atom. The summed E-state index contributed by atoms with van der Waals surface area (Å²) >= 11 is 1.21. The van der Waals surface area contributed by atoms with Gasteiger partial charge in [-0.15, -0.1) is 18.3 Å². The number of halogens is 3. The van der Waals surface area contributed by atoms with Crippen LogP contribution in [-0.4, -0.2) is 50.7 Å². The molecule has 1 aliphatic rings. The molecule has 1 saturated heterocycles. The number of aliphatic imine (C=N–C) groups is 1. The van der Waals surface area contributed by atoms with Crippen LogP contribution in [0, 0.1) is 13.8 Å². The molecule has 0 aliphatic carbocycles. The molecular formula is C31H29F3N6O4S. The standard InChI is InChI=1S/C31H29F3N6O4S/c1-4-5-21-7-6-19(2)14-26(21)40-27(41)16-45-30(40)37-29(42)36-18-43-24-12-13-25(20(3)15-24)28-35-17-39(38-28)22-8-10-23(11-9-22)44-31(32,33)34/h6-15,17H,4-5,16,18H2,1-3H3,(H,36,42)/b37-30-. The molecule has 45 heavy (non-hydrogen) atoms. The summed E-state index contributed by atoms with van der Waals surface area (Å²) in [6.07, 6.45) is -1.60. The van der Waals surface area contributed by atoms with Crippen LogP contribution in [0.5, 0.6) is 11.5 Å². The van der Waals surface area contributed by atoms with Crippen molar-refractivity contribution < 1.29 is 32.2 Å². The molecule has 10 nitrogen and oxygen atoms in total. The molecule has 0 unspecified atom stereocenters. The summed E-state index contributed by atoms with van der Waals surface area (Å²) in [4.78, 5) is 35.4. The van der Waals surface area contributed by atoms with Crippen molar-refractivity contribution in [2.45, 2.75) is 40.0 Å². The summed E-state index contributed by atoms with van der Waals surface area (Å²) in [5.41, 5.74) is 4.79. The first-order valence-corrected chi connectivity index (χ1v) is 14.9. The highest BCUT2D eigenvalue weighted by Gasteiger charge is 2.32. The van der Waals surface area contributed by atoms with Gasteiger partial charge in [0, 0.05) is 5.56 Å². The number of carbonyl (C=O) groups is 2. The summed E-state index contributed by atoms with van der Waals surface area (Å²) in [7, 11) is 0. The average Bonchev–Trinajstić information content (AvgIpc) is 3.61. The molecule has 2 heterocycles. The highest BCUT2D eigenvalue weighted by atomic mass is 32.2. The molecule has 5 rings (SSSR count). The summed E-state index contributed by atoms with van der Waals surface area (Å²) in [5, 5.41) is 7.35. The van der Waals surface area contributed by atoms with Crippen molar-refractivity contribution >= 4 is 34.6 Å². The lowest BCUT2D eigenvalue weighted by Crippen LogP contribution is -2.33. The second-order valence-corrected chi connectivity index (χ2v) is 11.0. The van der Waals surface area contributed by atoms with E-state index < -0.39 is 12.4 Å². The van der Waals surface area contributed by atoms with E-state index in [-0.39, 0.29) is 24.1 Å². The van der Waals surface area contributed by atoms with Gasteiger partial charge in [-0.25, -0.2) is 14.5 Å². The Bertz CT molecular complexity index is 1740. The molecule has 1 aromatic heterocycles. The molecule has 0 spiro atoms. The molecule has 1 N–H and O–H groups in total. The zero-order chi connectivity index (χ0) is 32.1. The normalized spacial score (nSPS) is 14.2. The molecule has 1 aliphatic heterocycles. The van der Waals surface area contributed by atoms with E-state index in [4.69, 9.17) is 4.74 Å². The first-order chi connectivity index (χ1) is 21.5. The molecule has 0 atom stereocenters. The number of ether oxygens (including phenoxy) is 2. The Morgan fingerprint density at radius 3 is 2.53 bits per heavy atom. The SMILES string of the molecule is CCCc1ccc(C)cc1N1C(=O)CS/C1=N\C(=O)NCOc1ccc(-c2ncn(-c3ccc(OC(F)(F)F)cc3)n2)c(C)c1. The molecular weight excluding hydrogens is 609 g/mol. The minimum absolute atomic E-state index is 0.130. The molecule has 3 aromatic carbocycles. The lowest BCUT2D eigenvalue weighted by atomic mass is 10.0. The van der Waals surface area contributed by atoms with Crippen molar-refractivity contribution in [1.82, 2.24) is 20.1 Å². The van der Waals surface area contributed by atoms with Gasteiger partial charge in [0.1, 0.15) is 17.8 Å². The number of urea groups is 1. The zero-order valence-electron chi connectivity index (χ0n) is 24.6. The van der Waals surface area contributed by atoms with E-state index in [1.54, 1.807) is 18.2 Å². The van der Waals surface area contributed by atoms with Gasteiger partial charge < -0.3 is 14.8 Å². The van der Waals surface area contributed by atoms with Crippen LogP contribution in [0.3, 0.4) is 0 Å². The number of amidine groups is 1. The molecule has 4 aromatic rings. The number of alkyl halides is 3. The molecule has 1 fully saturated rings. The highest BCUT2D eigenvalue weighted by molar-refractivity contribution is 8.15. The fourth-order valence-corrected chi connectivity index (χ4v) is 5.50. The topological polar surface area (TPSA) is 111 Å². The molecule has 0 saturated carbocycles. The summed E-state index contributed by atoms with van der Waals surface area (Å²) in [5.74, 6) is 0.625. The van der Waals surface area contributed by atoms with Gasteiger partial charge in [0.25, 0.3) is 0 Å². The Kier molecular flexibility index (Phi) is 9.42. The van der Waals surface area contributed by atoms with Gasteiger partial charge in [-0.3, -0.25) is 9.69 Å². The number of rotatable bonds is 9. The lowest BCUT2D eigenvalue weighted by Gasteiger charge is -2.20. The second kappa shape index (κ2) is 13.4. The molecule has 14 heteroatoms. The maximum Gasteiger partial charge on any atom is 0.573 e. The van der Waals surface area contributed by atoms with Crippen molar-refractivity contribution in [3.63, 3.8) is 0 Å². The van der Waals surface area contributed by atoms with Gasteiger partial charge in [0.2, 0.25) is 5.91 Å². The van der Waals surface area contributed by atoms with Gasteiger partial charge in [-0.2, -0.15) is 4.99 Å². The van der Waals surface area contributed by atoms with Crippen molar-refractivity contribution in [2.75, 3.05) is 17.4 Å². The Labute approximate surface area is 261 Å². The fraction of sp³-hybridized carbons (Fsp3) is 0.258. The van der Waals surface area contributed by atoms with Crippen LogP contribution >= 0.6 is 11.8 Å². The number of aromatic nitrogens is 3. The maximum absolute atomic E-state index is 12.7. The zero-order valence-corrected chi connectivity index (χ0v) is 25.4. The van der Waals surface area contributed by atoms with E-state index in [2.05, 4.69) is 32.1 Å². The number of thioether (sulfide) groups is 1. The number of hydrogen-bond acceptors (Lipinski definition) is 7. The second-order valence-electron chi connectivity index (χ2n) is 10.1. The van der Waals surface area contributed by atoms with Crippen LogP contribution in [-0.2, 0) is 11.2 Å². The minimum Gasteiger partial charge on any atom is -0.473 e. The summed E-state index contributed by atoms with van der Waals surface area (Å²) in [6, 6.07) is 15.8. The third kappa shape index (κ3) is 7.81. The predicted octanol–water partition coefficient (Wildman–Crippen LogP) is 6.58. The van der Waals surface area contributed by atoms with Crippen LogP contribution in [0.25, 0.3) is 17.1 Å². The van der Waals surface area contributed by atoms with Crippen LogP contribution in [0.2, 0.25) is 0 Å². The number of nitrogens with one attached hydrogen (secondary N) is 1. The lowest BCUT2D eigenvalue weighted by molar-refractivity contribution is -0.274. The van der Waals surface area contributed by atoms with Crippen LogP contribution in [0.4, 0.5) is 23.7 Å². The molecule has 3 amide bonds. The van der Waals surface area contributed by atoms with Gasteiger partial charge in [0.05, 0.1) is 17.1 Å². The molecule has 234 valence electrons. The number of anilines is 1. The first kappa shape index (κ1) is 31.6. The van der Waals surface area contributed by atoms with Crippen LogP contribution in [0.15, 0.2) is 72.0 Å². The van der Waals surface area contributed by atoms with Gasteiger partial charge in [-0.05, 0) is 85.5 Å². The van der Waals surface area contributed by atoms with Crippen molar-refractivity contribution in [2.24, 2.45) is 4.99 Å². The quantitative estimate of drug-likeness (QED) is 0.206. The van der Waals surface area contributed by atoms with Crippen molar-refractivity contribution in [3.05, 3.63) is 83.7 Å². The average molecular weight is 639 g/mol. The van der Waals surface area contributed by atoms with E-state index in [1.807, 2.05) is 32.0 Å². The van der Waals surface area contributed by atoms with Crippen molar-refractivity contribution in [1.29, 1.82) is 0 Å². The fourth-order valence-electron chi connectivity index (χ4n) is 4.64. The number of amides is 3. The summed E-state index contributed by atoms with van der Waals surface area (Å²) < 4.78 is 48.3. The Morgan fingerprint density at radius 2 is 1.82 bits per heavy atom. The maximum atomic E-state index is 12.7. The number of carbonyl (C=O) groups excluding carboxylic acids is 2. The Hall–Kier alpha value is -4.85. The monoisotopic (exact) mass is 638 g/mol. The number of hydrogen-bond donors (Lipinski definition) is 1. The van der Waals surface area contributed by atoms with E-state index in [0.29, 0.717) is 22.4 Å². The third-order valence-corrected chi connectivity index (χ3v) is 7.61. The van der Waals surface area contributed by atoms with Crippen LogP contribution in [0.1, 0.15) is 30.0 Å². The van der Waals surface area contributed by atoms with E-state index >= 15 is 0 Å². The van der Waals surface area contributed by atoms with Gasteiger partial charge in [-0.1, -0.05) is 37.2 Å². The highest BCUT2D eigenvalue weighted by Crippen LogP contribution is 2.32.